The van der Waals surface area contributed by atoms with E-state index in [1.54, 1.807) is 0 Å². The summed E-state index contributed by atoms with van der Waals surface area (Å²) in [6.45, 7) is 5.82. The minimum Gasteiger partial charge on any atom is -0.378 e. The standard InChI is InChI=1S/C21H33N3O2/c1-26-20-17-23(12-7-10-21(25)24-13-5-6-14-24)15-11-19(20)22-16-18-8-3-2-4-9-18/h2-4,8-9,19-20,22H,5-7,10-17H2,1H3/t19-,20+/m1/s1. The number of rotatable bonds is 8. The molecule has 0 unspecified atom stereocenters. The highest BCUT2D eigenvalue weighted by Gasteiger charge is 2.28. The molecule has 144 valence electrons. The third kappa shape index (κ3) is 5.53. The summed E-state index contributed by atoms with van der Waals surface area (Å²) in [7, 11) is 1.81. The number of likely N-dealkylation sites (tertiary alicyclic amines) is 2. The van der Waals surface area contributed by atoms with Crippen LogP contribution in [0.5, 0.6) is 0 Å². The van der Waals surface area contributed by atoms with Gasteiger partial charge in [0, 0.05) is 45.8 Å². The Bertz CT molecular complexity index is 545. The Balaban J connectivity index is 1.37. The summed E-state index contributed by atoms with van der Waals surface area (Å²) in [5.41, 5.74) is 1.31. The first-order chi connectivity index (χ1) is 12.8. The van der Waals surface area contributed by atoms with E-state index in [-0.39, 0.29) is 6.10 Å². The molecule has 2 aliphatic rings. The molecule has 1 N–H and O–H groups in total. The number of carbonyl (C=O) groups is 1. The van der Waals surface area contributed by atoms with Crippen molar-refractivity contribution in [3.8, 4) is 0 Å². The van der Waals surface area contributed by atoms with Gasteiger partial charge in [-0.15, -0.1) is 0 Å². The van der Waals surface area contributed by atoms with Crippen molar-refractivity contribution in [2.24, 2.45) is 0 Å². The maximum atomic E-state index is 12.2. The molecule has 5 nitrogen and oxygen atoms in total. The second-order valence-corrected chi connectivity index (χ2v) is 7.53. The monoisotopic (exact) mass is 359 g/mol. The SMILES string of the molecule is CO[C@H]1CN(CCCC(=O)N2CCCC2)CC[C@H]1NCc1ccccc1. The molecule has 26 heavy (non-hydrogen) atoms. The van der Waals surface area contributed by atoms with Crippen LogP contribution in [-0.4, -0.2) is 67.7 Å². The Morgan fingerprint density at radius 2 is 1.96 bits per heavy atom. The van der Waals surface area contributed by atoms with Crippen molar-refractivity contribution in [2.75, 3.05) is 39.8 Å². The quantitative estimate of drug-likeness (QED) is 0.773. The molecular weight excluding hydrogens is 326 g/mol. The summed E-state index contributed by atoms with van der Waals surface area (Å²) < 4.78 is 5.75. The lowest BCUT2D eigenvalue weighted by atomic mass is 10.0. The number of hydrogen-bond donors (Lipinski definition) is 1. The molecule has 0 saturated carbocycles. The Kier molecular flexibility index (Phi) is 7.47. The van der Waals surface area contributed by atoms with E-state index >= 15 is 0 Å². The number of ether oxygens (including phenoxy) is 1. The lowest BCUT2D eigenvalue weighted by molar-refractivity contribution is -0.130. The van der Waals surface area contributed by atoms with Crippen LogP contribution in [0, 0.1) is 0 Å². The lowest BCUT2D eigenvalue weighted by Crippen LogP contribution is -2.53. The van der Waals surface area contributed by atoms with Crippen molar-refractivity contribution in [2.45, 2.75) is 50.8 Å². The third-order valence-corrected chi connectivity index (χ3v) is 5.68. The minimum atomic E-state index is 0.210. The van der Waals surface area contributed by atoms with Gasteiger partial charge in [-0.05, 0) is 44.3 Å². The van der Waals surface area contributed by atoms with Gasteiger partial charge in [-0.1, -0.05) is 30.3 Å². The Morgan fingerprint density at radius 3 is 2.69 bits per heavy atom. The molecule has 2 fully saturated rings. The number of hydrogen-bond acceptors (Lipinski definition) is 4. The van der Waals surface area contributed by atoms with Crippen LogP contribution in [-0.2, 0) is 16.1 Å². The van der Waals surface area contributed by atoms with Crippen molar-refractivity contribution in [3.05, 3.63) is 35.9 Å². The summed E-state index contributed by atoms with van der Waals surface area (Å²) >= 11 is 0. The Labute approximate surface area is 157 Å². The maximum Gasteiger partial charge on any atom is 0.222 e. The smallest absolute Gasteiger partial charge is 0.222 e. The zero-order valence-electron chi connectivity index (χ0n) is 16.0. The molecule has 3 rings (SSSR count). The van der Waals surface area contributed by atoms with Crippen molar-refractivity contribution in [3.63, 3.8) is 0 Å². The van der Waals surface area contributed by atoms with E-state index in [9.17, 15) is 4.79 Å². The van der Waals surface area contributed by atoms with E-state index in [0.29, 0.717) is 18.4 Å². The second kappa shape index (κ2) is 10.0. The van der Waals surface area contributed by atoms with E-state index in [2.05, 4.69) is 40.5 Å². The third-order valence-electron chi connectivity index (χ3n) is 5.68. The van der Waals surface area contributed by atoms with Crippen LogP contribution >= 0.6 is 0 Å². The van der Waals surface area contributed by atoms with Crippen LogP contribution in [0.2, 0.25) is 0 Å². The summed E-state index contributed by atoms with van der Waals surface area (Å²) in [6, 6.07) is 10.9. The first-order valence-electron chi connectivity index (χ1n) is 10.1. The molecule has 0 spiro atoms. The molecule has 0 aromatic heterocycles. The number of piperidine rings is 1. The molecule has 0 aliphatic carbocycles. The van der Waals surface area contributed by atoms with Crippen LogP contribution in [0.25, 0.3) is 0 Å². The molecule has 2 aliphatic heterocycles. The predicted octanol–water partition coefficient (Wildman–Crippen LogP) is 2.27. The number of amides is 1. The normalized spacial score (nSPS) is 24.1. The number of methoxy groups -OCH3 is 1. The highest BCUT2D eigenvalue weighted by atomic mass is 16.5. The molecule has 2 atom stereocenters. The molecule has 2 saturated heterocycles. The first kappa shape index (κ1) is 19.3. The van der Waals surface area contributed by atoms with Crippen molar-refractivity contribution in [1.29, 1.82) is 0 Å². The predicted molar refractivity (Wildman–Crippen MR) is 104 cm³/mol. The van der Waals surface area contributed by atoms with Crippen LogP contribution in [0.4, 0.5) is 0 Å². The number of nitrogens with one attached hydrogen (secondary N) is 1. The Hall–Kier alpha value is -1.43. The van der Waals surface area contributed by atoms with Gasteiger partial charge in [0.1, 0.15) is 0 Å². The van der Waals surface area contributed by atoms with Gasteiger partial charge >= 0.3 is 0 Å². The molecule has 0 radical (unpaired) electrons. The summed E-state index contributed by atoms with van der Waals surface area (Å²) in [6.07, 6.45) is 5.28. The molecule has 1 aromatic rings. The highest BCUT2D eigenvalue weighted by molar-refractivity contribution is 5.76. The molecule has 2 heterocycles. The topological polar surface area (TPSA) is 44.8 Å². The van der Waals surface area contributed by atoms with Gasteiger partial charge in [0.25, 0.3) is 0 Å². The largest absolute Gasteiger partial charge is 0.378 e. The van der Waals surface area contributed by atoms with Crippen LogP contribution < -0.4 is 5.32 Å². The summed E-state index contributed by atoms with van der Waals surface area (Å²) in [5, 5.41) is 3.66. The molecule has 1 aromatic carbocycles. The number of benzene rings is 1. The zero-order chi connectivity index (χ0) is 18.2. The second-order valence-electron chi connectivity index (χ2n) is 7.53. The van der Waals surface area contributed by atoms with Gasteiger partial charge in [-0.25, -0.2) is 0 Å². The Morgan fingerprint density at radius 1 is 1.19 bits per heavy atom. The van der Waals surface area contributed by atoms with E-state index < -0.39 is 0 Å². The van der Waals surface area contributed by atoms with Crippen molar-refractivity contribution >= 4 is 5.91 Å². The fourth-order valence-corrected chi connectivity index (χ4v) is 4.08. The maximum absolute atomic E-state index is 12.2. The molecule has 0 bridgehead atoms. The van der Waals surface area contributed by atoms with Gasteiger partial charge in [0.15, 0.2) is 0 Å². The number of carbonyl (C=O) groups excluding carboxylic acids is 1. The fraction of sp³-hybridized carbons (Fsp3) is 0.667. The van der Waals surface area contributed by atoms with Crippen LogP contribution in [0.1, 0.15) is 37.7 Å². The van der Waals surface area contributed by atoms with Gasteiger partial charge < -0.3 is 19.9 Å². The zero-order valence-corrected chi connectivity index (χ0v) is 16.0. The molecule has 1 amide bonds. The van der Waals surface area contributed by atoms with Gasteiger partial charge in [-0.2, -0.15) is 0 Å². The first-order valence-corrected chi connectivity index (χ1v) is 10.1. The average Bonchev–Trinajstić information content (AvgIpc) is 3.22. The lowest BCUT2D eigenvalue weighted by Gasteiger charge is -2.38. The van der Waals surface area contributed by atoms with E-state index in [1.165, 1.54) is 18.4 Å². The fourth-order valence-electron chi connectivity index (χ4n) is 4.08. The van der Waals surface area contributed by atoms with E-state index in [1.807, 2.05) is 12.0 Å². The van der Waals surface area contributed by atoms with Gasteiger partial charge in [-0.3, -0.25) is 4.79 Å². The van der Waals surface area contributed by atoms with Crippen LogP contribution in [0.3, 0.4) is 0 Å². The number of nitrogens with zero attached hydrogens (tertiary/aromatic N) is 2. The van der Waals surface area contributed by atoms with Gasteiger partial charge in [0.05, 0.1) is 6.10 Å². The van der Waals surface area contributed by atoms with E-state index in [4.69, 9.17) is 4.74 Å². The average molecular weight is 360 g/mol. The highest BCUT2D eigenvalue weighted by Crippen LogP contribution is 2.16. The van der Waals surface area contributed by atoms with E-state index in [0.717, 1.165) is 52.1 Å². The van der Waals surface area contributed by atoms with Gasteiger partial charge in [0.2, 0.25) is 5.91 Å². The van der Waals surface area contributed by atoms with Crippen molar-refractivity contribution in [1.82, 2.24) is 15.1 Å². The summed E-state index contributed by atoms with van der Waals surface area (Å²) in [5.74, 6) is 0.338. The summed E-state index contributed by atoms with van der Waals surface area (Å²) in [4.78, 5) is 16.6. The molecule has 5 heteroatoms. The van der Waals surface area contributed by atoms with Crippen molar-refractivity contribution < 1.29 is 9.53 Å². The minimum absolute atomic E-state index is 0.210. The van der Waals surface area contributed by atoms with Crippen LogP contribution in [0.15, 0.2) is 30.3 Å². The molecular formula is C21H33N3O2.